The molecule has 1 aromatic carbocycles. The lowest BCUT2D eigenvalue weighted by Crippen LogP contribution is -2.44. The summed E-state index contributed by atoms with van der Waals surface area (Å²) in [6.45, 7) is 4.38. The minimum atomic E-state index is -4.40. The van der Waals surface area contributed by atoms with Crippen molar-refractivity contribution in [1.29, 1.82) is 0 Å². The van der Waals surface area contributed by atoms with Crippen molar-refractivity contribution in [3.8, 4) is 0 Å². The predicted molar refractivity (Wildman–Crippen MR) is 92.5 cm³/mol. The van der Waals surface area contributed by atoms with Gasteiger partial charge in [-0.25, -0.2) is 9.98 Å². The smallest absolute Gasteiger partial charge is 0.356 e. The number of thiazole rings is 1. The summed E-state index contributed by atoms with van der Waals surface area (Å²) in [6.07, 6.45) is -3.48. The van der Waals surface area contributed by atoms with Crippen molar-refractivity contribution in [3.63, 3.8) is 0 Å². The number of benzene rings is 1. The van der Waals surface area contributed by atoms with Crippen LogP contribution in [0.25, 0.3) is 0 Å². The van der Waals surface area contributed by atoms with E-state index in [4.69, 9.17) is 0 Å². The van der Waals surface area contributed by atoms with Gasteiger partial charge in [-0.1, -0.05) is 24.3 Å². The molecule has 1 aliphatic rings. The van der Waals surface area contributed by atoms with E-state index in [1.54, 1.807) is 0 Å². The van der Waals surface area contributed by atoms with Gasteiger partial charge in [-0.3, -0.25) is 0 Å². The molecule has 3 rings (SSSR count). The molecule has 0 spiro atoms. The fourth-order valence-corrected chi connectivity index (χ4v) is 3.48. The Labute approximate surface area is 148 Å². The van der Waals surface area contributed by atoms with Crippen LogP contribution >= 0.6 is 11.3 Å². The van der Waals surface area contributed by atoms with Gasteiger partial charge in [0.15, 0.2) is 11.7 Å². The maximum atomic E-state index is 12.6. The lowest BCUT2D eigenvalue weighted by atomic mass is 10.0. The van der Waals surface area contributed by atoms with Crippen LogP contribution in [0.3, 0.4) is 0 Å². The Hall–Kier alpha value is -2.09. The topological polar surface area (TPSA) is 40.5 Å². The molecule has 0 aliphatic carbocycles. The molecule has 4 nitrogen and oxygen atoms in total. The molecule has 0 atom stereocenters. The summed E-state index contributed by atoms with van der Waals surface area (Å²) >= 11 is 0.987. The van der Waals surface area contributed by atoms with E-state index in [1.165, 1.54) is 11.1 Å². The number of nitrogens with one attached hydrogen (secondary N) is 1. The number of alkyl halides is 3. The van der Waals surface area contributed by atoms with Crippen LogP contribution in [0.4, 0.5) is 13.2 Å². The molecule has 0 unspecified atom stereocenters. The summed E-state index contributed by atoms with van der Waals surface area (Å²) in [5.74, 6) is 0.709. The van der Waals surface area contributed by atoms with Gasteiger partial charge in [-0.15, -0.1) is 11.3 Å². The van der Waals surface area contributed by atoms with Crippen LogP contribution in [0.5, 0.6) is 0 Å². The van der Waals surface area contributed by atoms with Crippen LogP contribution in [-0.2, 0) is 25.7 Å². The van der Waals surface area contributed by atoms with E-state index >= 15 is 0 Å². The van der Waals surface area contributed by atoms with Gasteiger partial charge < -0.3 is 10.2 Å². The summed E-state index contributed by atoms with van der Waals surface area (Å²) in [6, 6.07) is 8.28. The summed E-state index contributed by atoms with van der Waals surface area (Å²) in [5.41, 5.74) is 1.75. The fourth-order valence-electron chi connectivity index (χ4n) is 2.76. The molecular formula is C17H19F3N4S. The van der Waals surface area contributed by atoms with Crippen molar-refractivity contribution in [2.75, 3.05) is 13.1 Å². The Morgan fingerprint density at radius 3 is 2.76 bits per heavy atom. The molecule has 0 amide bonds. The van der Waals surface area contributed by atoms with Gasteiger partial charge >= 0.3 is 6.18 Å². The standard InChI is InChI=1S/C17H19F3N4S/c1-2-21-16(22-9-15-23-14(11-25-15)17(18,19)20)24-8-7-12-5-3-4-6-13(12)10-24/h3-6,11H,2,7-10H2,1H3,(H,21,22). The molecule has 8 heteroatoms. The molecule has 2 heterocycles. The first-order valence-corrected chi connectivity index (χ1v) is 8.97. The normalized spacial score (nSPS) is 15.2. The number of fused-ring (bicyclic) bond motifs is 1. The van der Waals surface area contributed by atoms with E-state index in [2.05, 4.69) is 32.3 Å². The Morgan fingerprint density at radius 2 is 2.08 bits per heavy atom. The van der Waals surface area contributed by atoms with Crippen molar-refractivity contribution < 1.29 is 13.2 Å². The predicted octanol–water partition coefficient (Wildman–Crippen LogP) is 3.69. The van der Waals surface area contributed by atoms with Crippen LogP contribution in [0.1, 0.15) is 28.8 Å². The fraction of sp³-hybridized carbons (Fsp3) is 0.412. The van der Waals surface area contributed by atoms with Crippen molar-refractivity contribution in [3.05, 3.63) is 51.5 Å². The Kier molecular flexibility index (Phi) is 5.27. The zero-order valence-electron chi connectivity index (χ0n) is 13.8. The maximum Gasteiger partial charge on any atom is 0.434 e. The summed E-state index contributed by atoms with van der Waals surface area (Å²) in [4.78, 5) is 10.3. The van der Waals surface area contributed by atoms with Crippen molar-refractivity contribution in [1.82, 2.24) is 15.2 Å². The molecule has 1 aliphatic heterocycles. The molecule has 0 fully saturated rings. The first-order valence-electron chi connectivity index (χ1n) is 8.09. The van der Waals surface area contributed by atoms with E-state index in [1.807, 2.05) is 19.1 Å². The highest BCUT2D eigenvalue weighted by molar-refractivity contribution is 7.09. The average molecular weight is 368 g/mol. The Bertz CT molecular complexity index is 754. The number of aliphatic imine (C=N–C) groups is 1. The maximum absolute atomic E-state index is 12.6. The number of rotatable bonds is 3. The number of halogens is 3. The third kappa shape index (κ3) is 4.31. The van der Waals surface area contributed by atoms with Crippen molar-refractivity contribution in [2.24, 2.45) is 4.99 Å². The van der Waals surface area contributed by atoms with Gasteiger partial charge in [-0.05, 0) is 24.5 Å². The highest BCUT2D eigenvalue weighted by Gasteiger charge is 2.33. The Morgan fingerprint density at radius 1 is 1.32 bits per heavy atom. The van der Waals surface area contributed by atoms with Crippen LogP contribution in [0.2, 0.25) is 0 Å². The van der Waals surface area contributed by atoms with E-state index in [-0.39, 0.29) is 6.54 Å². The molecule has 0 saturated heterocycles. The average Bonchev–Trinajstić information content (AvgIpc) is 3.07. The zero-order chi connectivity index (χ0) is 17.9. The first kappa shape index (κ1) is 17.7. The van der Waals surface area contributed by atoms with Gasteiger partial charge in [0, 0.05) is 25.0 Å². The number of hydrogen-bond donors (Lipinski definition) is 1. The molecule has 134 valence electrons. The lowest BCUT2D eigenvalue weighted by Gasteiger charge is -2.31. The van der Waals surface area contributed by atoms with Crippen LogP contribution in [-0.4, -0.2) is 28.9 Å². The van der Waals surface area contributed by atoms with Gasteiger partial charge in [0.1, 0.15) is 5.01 Å². The minimum absolute atomic E-state index is 0.140. The van der Waals surface area contributed by atoms with E-state index < -0.39 is 11.9 Å². The van der Waals surface area contributed by atoms with Crippen molar-refractivity contribution >= 4 is 17.3 Å². The third-order valence-corrected chi connectivity index (χ3v) is 4.80. The van der Waals surface area contributed by atoms with E-state index in [0.29, 0.717) is 17.5 Å². The van der Waals surface area contributed by atoms with Gasteiger partial charge in [0.2, 0.25) is 0 Å². The number of aromatic nitrogens is 1. The third-order valence-electron chi connectivity index (χ3n) is 3.97. The van der Waals surface area contributed by atoms with Crippen LogP contribution in [0.15, 0.2) is 34.6 Å². The second-order valence-electron chi connectivity index (χ2n) is 5.73. The number of nitrogens with zero attached hydrogens (tertiary/aromatic N) is 3. The van der Waals surface area contributed by atoms with Gasteiger partial charge in [0.05, 0.1) is 6.54 Å². The highest BCUT2D eigenvalue weighted by Crippen LogP contribution is 2.30. The molecule has 0 bridgehead atoms. The molecule has 0 saturated carbocycles. The summed E-state index contributed by atoms with van der Waals surface area (Å²) < 4.78 is 37.9. The Balaban J connectivity index is 1.73. The summed E-state index contributed by atoms with van der Waals surface area (Å²) in [5, 5.41) is 4.62. The second-order valence-corrected chi connectivity index (χ2v) is 6.68. The highest BCUT2D eigenvalue weighted by atomic mass is 32.1. The lowest BCUT2D eigenvalue weighted by molar-refractivity contribution is -0.140. The van der Waals surface area contributed by atoms with Crippen molar-refractivity contribution in [2.45, 2.75) is 32.6 Å². The SMILES string of the molecule is CCNC(=NCc1nc(C(F)(F)F)cs1)N1CCc2ccccc2C1. The minimum Gasteiger partial charge on any atom is -0.356 e. The van der Waals surface area contributed by atoms with Crippen LogP contribution in [0, 0.1) is 0 Å². The van der Waals surface area contributed by atoms with Crippen LogP contribution < -0.4 is 5.32 Å². The monoisotopic (exact) mass is 368 g/mol. The molecule has 2 aromatic rings. The molecule has 25 heavy (non-hydrogen) atoms. The molecule has 1 aromatic heterocycles. The van der Waals surface area contributed by atoms with E-state index in [9.17, 15) is 13.2 Å². The first-order chi connectivity index (χ1) is 12.0. The summed E-state index contributed by atoms with van der Waals surface area (Å²) in [7, 11) is 0. The van der Waals surface area contributed by atoms with Gasteiger partial charge in [-0.2, -0.15) is 13.2 Å². The molecular weight excluding hydrogens is 349 g/mol. The second kappa shape index (κ2) is 7.43. The number of hydrogen-bond acceptors (Lipinski definition) is 3. The zero-order valence-corrected chi connectivity index (χ0v) is 14.6. The van der Waals surface area contributed by atoms with E-state index in [0.717, 1.165) is 36.2 Å². The van der Waals surface area contributed by atoms with Gasteiger partial charge in [0.25, 0.3) is 0 Å². The largest absolute Gasteiger partial charge is 0.434 e. The molecule has 1 N–H and O–H groups in total. The quantitative estimate of drug-likeness (QED) is 0.664. The number of guanidine groups is 1. The molecule has 0 radical (unpaired) electrons.